The lowest BCUT2D eigenvalue weighted by Crippen LogP contribution is -2.56. The van der Waals surface area contributed by atoms with Crippen molar-refractivity contribution in [3.8, 4) is 0 Å². The highest BCUT2D eigenvalue weighted by molar-refractivity contribution is 5.85. The van der Waals surface area contributed by atoms with Crippen LogP contribution in [0, 0.1) is 5.41 Å². The van der Waals surface area contributed by atoms with Gasteiger partial charge in [0, 0.05) is 32.0 Å². The van der Waals surface area contributed by atoms with Crippen molar-refractivity contribution >= 4 is 24.8 Å². The van der Waals surface area contributed by atoms with Crippen LogP contribution in [0.1, 0.15) is 38.5 Å². The van der Waals surface area contributed by atoms with Gasteiger partial charge in [-0.3, -0.25) is 4.90 Å². The molecule has 0 aromatic carbocycles. The van der Waals surface area contributed by atoms with Crippen LogP contribution in [0.5, 0.6) is 0 Å². The Morgan fingerprint density at radius 1 is 0.895 bits per heavy atom. The number of alkyl halides is 2. The molecule has 2 aliphatic heterocycles. The van der Waals surface area contributed by atoms with E-state index in [1.165, 1.54) is 25.7 Å². The zero-order valence-electron chi connectivity index (χ0n) is 11.2. The number of likely N-dealkylation sites (tertiary alicyclic amines) is 1. The summed E-state index contributed by atoms with van der Waals surface area (Å²) in [4.78, 5) is 2.31. The van der Waals surface area contributed by atoms with Gasteiger partial charge in [-0.15, -0.1) is 24.8 Å². The molecule has 0 unspecified atom stereocenters. The van der Waals surface area contributed by atoms with Crippen molar-refractivity contribution in [1.29, 1.82) is 0 Å². The third kappa shape index (κ3) is 3.72. The summed E-state index contributed by atoms with van der Waals surface area (Å²) < 4.78 is 26.2. The molecule has 2 heterocycles. The predicted octanol–water partition coefficient (Wildman–Crippen LogP) is 3.09. The van der Waals surface area contributed by atoms with Crippen LogP contribution in [0.2, 0.25) is 0 Å². The van der Waals surface area contributed by atoms with Crippen LogP contribution in [0.4, 0.5) is 8.78 Å². The number of halogens is 4. The van der Waals surface area contributed by atoms with Gasteiger partial charge < -0.3 is 5.32 Å². The van der Waals surface area contributed by atoms with Gasteiger partial charge >= 0.3 is 0 Å². The summed E-state index contributed by atoms with van der Waals surface area (Å²) in [6, 6.07) is 0.601. The van der Waals surface area contributed by atoms with Crippen LogP contribution in [-0.4, -0.2) is 43.0 Å². The van der Waals surface area contributed by atoms with Gasteiger partial charge in [-0.25, -0.2) is 8.78 Å². The van der Waals surface area contributed by atoms with Gasteiger partial charge in [-0.1, -0.05) is 0 Å². The fraction of sp³-hybridized carbons (Fsp3) is 1.00. The monoisotopic (exact) mass is 316 g/mol. The molecule has 3 fully saturated rings. The first kappa shape index (κ1) is 17.4. The summed E-state index contributed by atoms with van der Waals surface area (Å²) in [5.74, 6) is -2.40. The van der Waals surface area contributed by atoms with Gasteiger partial charge in [0.1, 0.15) is 0 Å². The van der Waals surface area contributed by atoms with Crippen molar-refractivity contribution in [2.24, 2.45) is 5.41 Å². The highest BCUT2D eigenvalue weighted by Gasteiger charge is 2.48. The first-order chi connectivity index (χ1) is 8.09. The van der Waals surface area contributed by atoms with Gasteiger partial charge in [-0.2, -0.15) is 0 Å². The Kier molecular flexibility index (Phi) is 5.88. The van der Waals surface area contributed by atoms with E-state index >= 15 is 0 Å². The van der Waals surface area contributed by atoms with Gasteiger partial charge in [0.05, 0.1) is 0 Å². The second-order valence-electron chi connectivity index (χ2n) is 6.20. The Morgan fingerprint density at radius 2 is 1.42 bits per heavy atom. The molecule has 0 amide bonds. The lowest BCUT2D eigenvalue weighted by Gasteiger charge is -2.55. The minimum absolute atomic E-state index is 0. The average Bonchev–Trinajstić information content (AvgIpc) is 2.27. The van der Waals surface area contributed by atoms with E-state index in [0.29, 0.717) is 24.5 Å². The van der Waals surface area contributed by atoms with Crippen molar-refractivity contribution in [3.63, 3.8) is 0 Å². The Morgan fingerprint density at radius 3 is 1.95 bits per heavy atom. The van der Waals surface area contributed by atoms with Crippen LogP contribution in [0.3, 0.4) is 0 Å². The molecule has 0 aromatic heterocycles. The maximum atomic E-state index is 13.1. The third-order valence-corrected chi connectivity index (χ3v) is 5.05. The SMILES string of the molecule is Cl.Cl.FC1(F)CCN(C2CC3(CCNCC3)C2)CC1. The minimum Gasteiger partial charge on any atom is -0.317 e. The number of hydrogen-bond donors (Lipinski definition) is 1. The molecule has 3 aliphatic rings. The quantitative estimate of drug-likeness (QED) is 0.799. The van der Waals surface area contributed by atoms with E-state index < -0.39 is 5.92 Å². The van der Waals surface area contributed by atoms with E-state index in [1.54, 1.807) is 0 Å². The van der Waals surface area contributed by atoms with Crippen molar-refractivity contribution < 1.29 is 8.78 Å². The normalized spacial score (nSPS) is 30.0. The summed E-state index contributed by atoms with van der Waals surface area (Å²) in [7, 11) is 0. The minimum atomic E-state index is -2.40. The Balaban J connectivity index is 0.000000902. The number of nitrogens with one attached hydrogen (secondary N) is 1. The van der Waals surface area contributed by atoms with Crippen LogP contribution in [-0.2, 0) is 0 Å². The molecule has 19 heavy (non-hydrogen) atoms. The van der Waals surface area contributed by atoms with E-state index in [-0.39, 0.29) is 37.7 Å². The average molecular weight is 317 g/mol. The number of rotatable bonds is 1. The highest BCUT2D eigenvalue weighted by Crippen LogP contribution is 2.50. The molecule has 0 aromatic rings. The Hall–Kier alpha value is 0.360. The molecule has 1 N–H and O–H groups in total. The Bertz CT molecular complexity index is 278. The lowest BCUT2D eigenvalue weighted by molar-refractivity contribution is -0.0926. The van der Waals surface area contributed by atoms with E-state index in [1.807, 2.05) is 0 Å². The zero-order valence-corrected chi connectivity index (χ0v) is 12.8. The van der Waals surface area contributed by atoms with Gasteiger partial charge in [0.15, 0.2) is 0 Å². The molecule has 2 nitrogen and oxygen atoms in total. The van der Waals surface area contributed by atoms with Crippen LogP contribution < -0.4 is 5.32 Å². The molecule has 1 spiro atoms. The lowest BCUT2D eigenvalue weighted by atomic mass is 9.60. The van der Waals surface area contributed by atoms with Crippen LogP contribution >= 0.6 is 24.8 Å². The van der Waals surface area contributed by atoms with Crippen molar-refractivity contribution in [1.82, 2.24) is 10.2 Å². The topological polar surface area (TPSA) is 15.3 Å². The van der Waals surface area contributed by atoms with Gasteiger partial charge in [0.2, 0.25) is 0 Å². The number of nitrogens with zero attached hydrogens (tertiary/aromatic N) is 1. The van der Waals surface area contributed by atoms with Crippen molar-refractivity contribution in [3.05, 3.63) is 0 Å². The summed E-state index contributed by atoms with van der Waals surface area (Å²) in [6.45, 7) is 3.49. The van der Waals surface area contributed by atoms with E-state index in [9.17, 15) is 8.78 Å². The first-order valence-electron chi connectivity index (χ1n) is 6.91. The number of hydrogen-bond acceptors (Lipinski definition) is 2. The number of piperidine rings is 2. The molecule has 1 saturated carbocycles. The maximum absolute atomic E-state index is 13.1. The Labute approximate surface area is 126 Å². The predicted molar refractivity (Wildman–Crippen MR) is 77.8 cm³/mol. The van der Waals surface area contributed by atoms with E-state index in [2.05, 4.69) is 10.2 Å². The van der Waals surface area contributed by atoms with Gasteiger partial charge in [-0.05, 0) is 44.2 Å². The molecular weight excluding hydrogens is 293 g/mol. The molecule has 1 aliphatic carbocycles. The molecule has 2 saturated heterocycles. The second-order valence-corrected chi connectivity index (χ2v) is 6.20. The van der Waals surface area contributed by atoms with Crippen LogP contribution in [0.25, 0.3) is 0 Å². The van der Waals surface area contributed by atoms with Crippen LogP contribution in [0.15, 0.2) is 0 Å². The molecule has 0 radical (unpaired) electrons. The smallest absolute Gasteiger partial charge is 0.250 e. The van der Waals surface area contributed by atoms with Crippen molar-refractivity contribution in [2.75, 3.05) is 26.2 Å². The molecule has 3 rings (SSSR count). The molecule has 0 atom stereocenters. The highest BCUT2D eigenvalue weighted by atomic mass is 35.5. The first-order valence-corrected chi connectivity index (χ1v) is 6.91. The third-order valence-electron chi connectivity index (χ3n) is 5.05. The van der Waals surface area contributed by atoms with E-state index in [4.69, 9.17) is 0 Å². The van der Waals surface area contributed by atoms with Crippen molar-refractivity contribution in [2.45, 2.75) is 50.5 Å². The summed E-state index contributed by atoms with van der Waals surface area (Å²) >= 11 is 0. The summed E-state index contributed by atoms with van der Waals surface area (Å²) in [6.07, 6.45) is 5.21. The van der Waals surface area contributed by atoms with E-state index in [0.717, 1.165) is 13.1 Å². The largest absolute Gasteiger partial charge is 0.317 e. The molecule has 0 bridgehead atoms. The fourth-order valence-corrected chi connectivity index (χ4v) is 3.78. The summed E-state index contributed by atoms with van der Waals surface area (Å²) in [5, 5.41) is 3.40. The standard InChI is InChI=1S/C13H22F2N2.2ClH/c14-13(15)3-7-17(8-4-13)11-9-12(10-11)1-5-16-6-2-12;;/h11,16H,1-10H2;2*1H. The summed E-state index contributed by atoms with van der Waals surface area (Å²) in [5.41, 5.74) is 0.565. The maximum Gasteiger partial charge on any atom is 0.250 e. The molecule has 6 heteroatoms. The molecule has 114 valence electrons. The van der Waals surface area contributed by atoms with Gasteiger partial charge in [0.25, 0.3) is 5.92 Å². The molecular formula is C13H24Cl2F2N2. The fourth-order valence-electron chi connectivity index (χ4n) is 3.78. The second kappa shape index (κ2) is 6.42. The zero-order chi connectivity index (χ0) is 11.9.